The molecule has 0 radical (unpaired) electrons. The van der Waals surface area contributed by atoms with Crippen molar-refractivity contribution in [1.29, 1.82) is 0 Å². The van der Waals surface area contributed by atoms with Crippen LogP contribution in [0, 0.1) is 17.6 Å². The number of aliphatic hydroxyl groups excluding tert-OH is 1. The summed E-state index contributed by atoms with van der Waals surface area (Å²) in [6, 6.07) is 3.48. The van der Waals surface area contributed by atoms with Crippen molar-refractivity contribution in [2.45, 2.75) is 31.6 Å². The Balaban J connectivity index is 1.87. The lowest BCUT2D eigenvalue weighted by atomic mass is 9.94. The molecule has 4 nitrogen and oxygen atoms in total. The van der Waals surface area contributed by atoms with E-state index in [9.17, 15) is 13.6 Å². The van der Waals surface area contributed by atoms with Crippen molar-refractivity contribution in [2.75, 3.05) is 19.7 Å². The lowest BCUT2D eigenvalue weighted by molar-refractivity contribution is 0.233. The molecule has 1 atom stereocenters. The number of rotatable bonds is 7. The number of nitrogens with one attached hydrogen (secondary N) is 2. The van der Waals surface area contributed by atoms with Crippen LogP contribution in [-0.2, 0) is 5.41 Å². The van der Waals surface area contributed by atoms with Crippen LogP contribution in [-0.4, -0.2) is 30.8 Å². The number of aliphatic hydroxyl groups is 1. The largest absolute Gasteiger partial charge is 0.396 e. The van der Waals surface area contributed by atoms with E-state index in [0.29, 0.717) is 25.8 Å². The van der Waals surface area contributed by atoms with E-state index in [4.69, 9.17) is 5.11 Å². The fraction of sp³-hybridized carbons (Fsp3) is 0.562. The lowest BCUT2D eigenvalue weighted by Crippen LogP contribution is -2.41. The molecule has 2 amide bonds. The average molecular weight is 312 g/mol. The van der Waals surface area contributed by atoms with Gasteiger partial charge in [-0.3, -0.25) is 0 Å². The van der Waals surface area contributed by atoms with E-state index in [1.807, 2.05) is 6.92 Å². The van der Waals surface area contributed by atoms with Gasteiger partial charge in [0.1, 0.15) is 11.6 Å². The SMILES string of the molecule is CC(CCO)CNC(=O)NCC1(c2c(F)cccc2F)CC1. The number of urea groups is 1. The Morgan fingerprint density at radius 2 is 1.95 bits per heavy atom. The van der Waals surface area contributed by atoms with Crippen molar-refractivity contribution >= 4 is 6.03 Å². The summed E-state index contributed by atoms with van der Waals surface area (Å²) in [4.78, 5) is 11.8. The van der Waals surface area contributed by atoms with Crippen LogP contribution in [0.15, 0.2) is 18.2 Å². The molecule has 0 aromatic heterocycles. The Morgan fingerprint density at radius 1 is 1.32 bits per heavy atom. The molecule has 122 valence electrons. The predicted molar refractivity (Wildman–Crippen MR) is 79.5 cm³/mol. The molecular weight excluding hydrogens is 290 g/mol. The zero-order valence-electron chi connectivity index (χ0n) is 12.7. The number of hydrogen-bond acceptors (Lipinski definition) is 2. The Labute approximate surface area is 128 Å². The molecule has 2 rings (SSSR count). The van der Waals surface area contributed by atoms with Gasteiger partial charge in [-0.2, -0.15) is 0 Å². The van der Waals surface area contributed by atoms with E-state index in [1.54, 1.807) is 0 Å². The molecule has 1 aliphatic carbocycles. The van der Waals surface area contributed by atoms with Crippen molar-refractivity contribution in [3.05, 3.63) is 35.4 Å². The first-order valence-electron chi connectivity index (χ1n) is 7.55. The average Bonchev–Trinajstić information content (AvgIpc) is 3.24. The van der Waals surface area contributed by atoms with Gasteiger partial charge in [-0.05, 0) is 37.3 Å². The van der Waals surface area contributed by atoms with Gasteiger partial charge in [-0.1, -0.05) is 13.0 Å². The highest BCUT2D eigenvalue weighted by Gasteiger charge is 2.47. The molecule has 0 spiro atoms. The maximum atomic E-state index is 13.9. The highest BCUT2D eigenvalue weighted by molar-refractivity contribution is 5.74. The van der Waals surface area contributed by atoms with E-state index in [0.717, 1.165) is 0 Å². The topological polar surface area (TPSA) is 61.4 Å². The van der Waals surface area contributed by atoms with Gasteiger partial charge < -0.3 is 15.7 Å². The van der Waals surface area contributed by atoms with E-state index >= 15 is 0 Å². The van der Waals surface area contributed by atoms with Crippen LogP contribution < -0.4 is 10.6 Å². The molecule has 1 aromatic rings. The van der Waals surface area contributed by atoms with Gasteiger partial charge >= 0.3 is 6.03 Å². The van der Waals surface area contributed by atoms with Crippen LogP contribution in [0.4, 0.5) is 13.6 Å². The van der Waals surface area contributed by atoms with E-state index in [2.05, 4.69) is 10.6 Å². The van der Waals surface area contributed by atoms with Crippen LogP contribution in [0.5, 0.6) is 0 Å². The zero-order valence-corrected chi connectivity index (χ0v) is 12.7. The van der Waals surface area contributed by atoms with Crippen molar-refractivity contribution in [3.63, 3.8) is 0 Å². The van der Waals surface area contributed by atoms with Crippen LogP contribution in [0.2, 0.25) is 0 Å². The Morgan fingerprint density at radius 3 is 2.50 bits per heavy atom. The summed E-state index contributed by atoms with van der Waals surface area (Å²) >= 11 is 0. The number of carbonyl (C=O) groups is 1. The summed E-state index contributed by atoms with van der Waals surface area (Å²) in [7, 11) is 0. The van der Waals surface area contributed by atoms with Gasteiger partial charge in [-0.15, -0.1) is 0 Å². The molecule has 1 saturated carbocycles. The van der Waals surface area contributed by atoms with Crippen molar-refractivity contribution < 1.29 is 18.7 Å². The molecule has 0 heterocycles. The minimum Gasteiger partial charge on any atom is -0.396 e. The summed E-state index contributed by atoms with van der Waals surface area (Å²) in [6.07, 6.45) is 1.93. The Hall–Kier alpha value is -1.69. The molecule has 1 aromatic carbocycles. The van der Waals surface area contributed by atoms with Gasteiger partial charge in [0, 0.05) is 30.7 Å². The molecule has 1 unspecified atom stereocenters. The third-order valence-corrected chi connectivity index (χ3v) is 4.17. The maximum Gasteiger partial charge on any atom is 0.314 e. The van der Waals surface area contributed by atoms with Crippen LogP contribution in [0.25, 0.3) is 0 Å². The van der Waals surface area contributed by atoms with Crippen molar-refractivity contribution in [2.24, 2.45) is 5.92 Å². The van der Waals surface area contributed by atoms with E-state index in [-0.39, 0.29) is 30.7 Å². The normalized spacial score (nSPS) is 16.9. The Bertz CT molecular complexity index is 513. The third kappa shape index (κ3) is 3.94. The minimum atomic E-state index is -0.622. The summed E-state index contributed by atoms with van der Waals surface area (Å²) in [5.41, 5.74) is -0.548. The standard InChI is InChI=1S/C16H22F2N2O2/c1-11(5-8-21)9-19-15(22)20-10-16(6-7-16)14-12(17)3-2-4-13(14)18/h2-4,11,21H,5-10H2,1H3,(H2,19,20,22). The fourth-order valence-electron chi connectivity index (χ4n) is 2.57. The molecule has 0 bridgehead atoms. The smallest absolute Gasteiger partial charge is 0.314 e. The summed E-state index contributed by atoms with van der Waals surface area (Å²) < 4.78 is 27.7. The van der Waals surface area contributed by atoms with E-state index < -0.39 is 17.0 Å². The first-order chi connectivity index (χ1) is 10.5. The Kier molecular flexibility index (Phi) is 5.34. The highest BCUT2D eigenvalue weighted by atomic mass is 19.1. The quantitative estimate of drug-likeness (QED) is 0.723. The molecule has 6 heteroatoms. The van der Waals surface area contributed by atoms with Crippen LogP contribution in [0.3, 0.4) is 0 Å². The molecular formula is C16H22F2N2O2. The van der Waals surface area contributed by atoms with Gasteiger partial charge in [0.05, 0.1) is 0 Å². The number of benzene rings is 1. The molecule has 1 fully saturated rings. The second kappa shape index (κ2) is 7.05. The van der Waals surface area contributed by atoms with Gasteiger partial charge in [0.2, 0.25) is 0 Å². The second-order valence-corrected chi connectivity index (χ2v) is 6.06. The third-order valence-electron chi connectivity index (χ3n) is 4.17. The second-order valence-electron chi connectivity index (χ2n) is 6.06. The van der Waals surface area contributed by atoms with Gasteiger partial charge in [0.15, 0.2) is 0 Å². The van der Waals surface area contributed by atoms with Crippen LogP contribution in [0.1, 0.15) is 31.7 Å². The number of hydrogen-bond donors (Lipinski definition) is 3. The molecule has 0 aliphatic heterocycles. The first-order valence-corrected chi connectivity index (χ1v) is 7.55. The monoisotopic (exact) mass is 312 g/mol. The molecule has 0 saturated heterocycles. The van der Waals surface area contributed by atoms with Crippen molar-refractivity contribution in [3.8, 4) is 0 Å². The first kappa shape index (κ1) is 16.7. The van der Waals surface area contributed by atoms with E-state index in [1.165, 1.54) is 18.2 Å². The zero-order chi connectivity index (χ0) is 16.2. The highest BCUT2D eigenvalue weighted by Crippen LogP contribution is 2.49. The van der Waals surface area contributed by atoms with Crippen molar-refractivity contribution in [1.82, 2.24) is 10.6 Å². The number of amides is 2. The number of carbonyl (C=O) groups excluding carboxylic acids is 1. The molecule has 3 N–H and O–H groups in total. The maximum absolute atomic E-state index is 13.9. The number of halogens is 2. The lowest BCUT2D eigenvalue weighted by Gasteiger charge is -2.19. The molecule has 22 heavy (non-hydrogen) atoms. The fourth-order valence-corrected chi connectivity index (χ4v) is 2.57. The van der Waals surface area contributed by atoms with Gasteiger partial charge in [-0.25, -0.2) is 13.6 Å². The van der Waals surface area contributed by atoms with Crippen LogP contribution >= 0.6 is 0 Å². The summed E-state index contributed by atoms with van der Waals surface area (Å²) in [6.45, 7) is 2.67. The molecule has 1 aliphatic rings. The minimum absolute atomic E-state index is 0.0731. The summed E-state index contributed by atoms with van der Waals surface area (Å²) in [5, 5.41) is 14.2. The predicted octanol–water partition coefficient (Wildman–Crippen LogP) is 2.31. The van der Waals surface area contributed by atoms with Gasteiger partial charge in [0.25, 0.3) is 0 Å². The summed E-state index contributed by atoms with van der Waals surface area (Å²) in [5.74, 6) is -0.942.